The van der Waals surface area contributed by atoms with Crippen molar-refractivity contribution >= 4 is 5.69 Å². The molecular weight excluding hydrogens is 232 g/mol. The summed E-state index contributed by atoms with van der Waals surface area (Å²) < 4.78 is 0. The van der Waals surface area contributed by atoms with Gasteiger partial charge in [0.2, 0.25) is 0 Å². The van der Waals surface area contributed by atoms with E-state index >= 15 is 0 Å². The average molecular weight is 260 g/mol. The molecule has 106 valence electrons. The fourth-order valence-corrected chi connectivity index (χ4v) is 2.73. The molecule has 0 atom stereocenters. The Morgan fingerprint density at radius 1 is 1.11 bits per heavy atom. The quantitative estimate of drug-likeness (QED) is 0.844. The predicted octanol–water partition coefficient (Wildman–Crippen LogP) is 3.97. The molecule has 0 radical (unpaired) electrons. The third kappa shape index (κ3) is 3.73. The van der Waals surface area contributed by atoms with Crippen LogP contribution in [0.5, 0.6) is 0 Å². The molecule has 0 unspecified atom stereocenters. The first-order chi connectivity index (χ1) is 8.86. The zero-order chi connectivity index (χ0) is 14.0. The Labute approximate surface area is 117 Å². The van der Waals surface area contributed by atoms with E-state index in [2.05, 4.69) is 51.2 Å². The summed E-state index contributed by atoms with van der Waals surface area (Å²) in [6, 6.07) is 7.81. The molecule has 0 spiro atoms. The van der Waals surface area contributed by atoms with E-state index in [1.54, 1.807) is 0 Å². The smallest absolute Gasteiger partial charge is 0.0374 e. The van der Waals surface area contributed by atoms with Gasteiger partial charge in [0.1, 0.15) is 0 Å². The normalized spacial score (nSPS) is 24.3. The van der Waals surface area contributed by atoms with Crippen molar-refractivity contribution in [3.05, 3.63) is 29.3 Å². The van der Waals surface area contributed by atoms with E-state index in [1.165, 1.54) is 29.7 Å². The van der Waals surface area contributed by atoms with Gasteiger partial charge in [-0.05, 0) is 55.2 Å². The maximum atomic E-state index is 5.97. The number of aryl methyl sites for hydroxylation is 1. The van der Waals surface area contributed by atoms with Crippen molar-refractivity contribution in [3.63, 3.8) is 0 Å². The summed E-state index contributed by atoms with van der Waals surface area (Å²) in [4.78, 5) is 0. The van der Waals surface area contributed by atoms with Crippen LogP contribution in [0.15, 0.2) is 18.2 Å². The lowest BCUT2D eigenvalue weighted by Crippen LogP contribution is -2.33. The topological polar surface area (TPSA) is 38.0 Å². The highest BCUT2D eigenvalue weighted by Gasteiger charge is 2.20. The van der Waals surface area contributed by atoms with E-state index in [-0.39, 0.29) is 5.41 Å². The highest BCUT2D eigenvalue weighted by Crippen LogP contribution is 2.29. The van der Waals surface area contributed by atoms with E-state index < -0.39 is 0 Å². The fraction of sp³-hybridized carbons (Fsp3) is 0.647. The molecule has 2 heteroatoms. The summed E-state index contributed by atoms with van der Waals surface area (Å²) in [7, 11) is 0. The molecule has 2 nitrogen and oxygen atoms in total. The zero-order valence-corrected chi connectivity index (χ0v) is 12.8. The molecule has 0 aromatic heterocycles. The van der Waals surface area contributed by atoms with E-state index in [9.17, 15) is 0 Å². The monoisotopic (exact) mass is 260 g/mol. The maximum absolute atomic E-state index is 5.97. The average Bonchev–Trinajstić information content (AvgIpc) is 2.33. The van der Waals surface area contributed by atoms with Gasteiger partial charge in [-0.3, -0.25) is 0 Å². The molecule has 1 fully saturated rings. The Balaban J connectivity index is 2.11. The van der Waals surface area contributed by atoms with Crippen molar-refractivity contribution in [2.45, 2.75) is 70.9 Å². The molecule has 3 N–H and O–H groups in total. The Morgan fingerprint density at radius 3 is 2.32 bits per heavy atom. The molecule has 0 saturated heterocycles. The van der Waals surface area contributed by atoms with Gasteiger partial charge in [-0.1, -0.05) is 32.9 Å². The molecule has 1 aromatic rings. The molecule has 0 amide bonds. The van der Waals surface area contributed by atoms with Crippen LogP contribution in [-0.4, -0.2) is 12.1 Å². The highest BCUT2D eigenvalue weighted by molar-refractivity contribution is 5.54. The first kappa shape index (κ1) is 14.4. The Morgan fingerprint density at radius 2 is 1.74 bits per heavy atom. The lowest BCUT2D eigenvalue weighted by Gasteiger charge is -2.29. The second kappa shape index (κ2) is 5.54. The number of benzene rings is 1. The van der Waals surface area contributed by atoms with Gasteiger partial charge in [-0.25, -0.2) is 0 Å². The van der Waals surface area contributed by atoms with E-state index in [4.69, 9.17) is 5.73 Å². The van der Waals surface area contributed by atoms with E-state index in [1.807, 2.05) is 0 Å². The van der Waals surface area contributed by atoms with Crippen molar-refractivity contribution in [3.8, 4) is 0 Å². The number of anilines is 1. The van der Waals surface area contributed by atoms with Crippen LogP contribution in [0.3, 0.4) is 0 Å². The molecule has 0 bridgehead atoms. The fourth-order valence-electron chi connectivity index (χ4n) is 2.73. The second-order valence-corrected chi connectivity index (χ2v) is 7.04. The van der Waals surface area contributed by atoms with E-state index in [0.717, 1.165) is 12.8 Å². The van der Waals surface area contributed by atoms with Crippen LogP contribution >= 0.6 is 0 Å². The summed E-state index contributed by atoms with van der Waals surface area (Å²) in [5.41, 5.74) is 10.2. The highest BCUT2D eigenvalue weighted by atomic mass is 14.9. The van der Waals surface area contributed by atoms with Gasteiger partial charge >= 0.3 is 0 Å². The third-order valence-electron chi connectivity index (χ3n) is 4.24. The summed E-state index contributed by atoms with van der Waals surface area (Å²) in [6.45, 7) is 8.98. The zero-order valence-electron chi connectivity index (χ0n) is 12.8. The van der Waals surface area contributed by atoms with Gasteiger partial charge < -0.3 is 11.1 Å². The number of rotatable bonds is 2. The molecule has 0 aliphatic heterocycles. The number of nitrogens with two attached hydrogens (primary N) is 1. The minimum absolute atomic E-state index is 0.207. The van der Waals surface area contributed by atoms with Crippen molar-refractivity contribution in [2.24, 2.45) is 5.73 Å². The number of hydrogen-bond donors (Lipinski definition) is 2. The van der Waals surface area contributed by atoms with Crippen LogP contribution in [0.4, 0.5) is 5.69 Å². The van der Waals surface area contributed by atoms with Crippen LogP contribution in [-0.2, 0) is 5.41 Å². The van der Waals surface area contributed by atoms with Crippen molar-refractivity contribution in [1.29, 1.82) is 0 Å². The van der Waals surface area contributed by atoms with Gasteiger partial charge in [0.15, 0.2) is 0 Å². The van der Waals surface area contributed by atoms with Crippen LogP contribution in [0.1, 0.15) is 57.6 Å². The Hall–Kier alpha value is -1.02. The van der Waals surface area contributed by atoms with Gasteiger partial charge in [-0.2, -0.15) is 0 Å². The number of hydrogen-bond acceptors (Lipinski definition) is 2. The predicted molar refractivity (Wildman–Crippen MR) is 83.7 cm³/mol. The molecule has 1 saturated carbocycles. The van der Waals surface area contributed by atoms with Gasteiger partial charge in [-0.15, -0.1) is 0 Å². The lowest BCUT2D eigenvalue weighted by atomic mass is 9.86. The van der Waals surface area contributed by atoms with Gasteiger partial charge in [0.05, 0.1) is 0 Å². The Bertz CT molecular complexity index is 423. The van der Waals surface area contributed by atoms with Crippen LogP contribution in [0.25, 0.3) is 0 Å². The second-order valence-electron chi connectivity index (χ2n) is 7.04. The summed E-state index contributed by atoms with van der Waals surface area (Å²) in [5, 5.41) is 3.73. The molecule has 2 rings (SSSR count). The SMILES string of the molecule is Cc1ccc(C(C)(C)C)cc1NC1CCC(N)CC1. The third-order valence-corrected chi connectivity index (χ3v) is 4.24. The largest absolute Gasteiger partial charge is 0.382 e. The molecule has 0 heterocycles. The first-order valence-corrected chi connectivity index (χ1v) is 7.49. The van der Waals surface area contributed by atoms with Gasteiger partial charge in [0.25, 0.3) is 0 Å². The summed E-state index contributed by atoms with van der Waals surface area (Å²) in [5.74, 6) is 0. The standard InChI is InChI=1S/C17H28N2/c1-12-5-6-13(17(2,3)4)11-16(12)19-15-9-7-14(18)8-10-15/h5-6,11,14-15,19H,7-10,18H2,1-4H3. The molecule has 1 aromatic carbocycles. The van der Waals surface area contributed by atoms with Crippen LogP contribution in [0.2, 0.25) is 0 Å². The molecular formula is C17H28N2. The van der Waals surface area contributed by atoms with Crippen molar-refractivity contribution < 1.29 is 0 Å². The molecule has 1 aliphatic rings. The van der Waals surface area contributed by atoms with E-state index in [0.29, 0.717) is 12.1 Å². The summed E-state index contributed by atoms with van der Waals surface area (Å²) in [6.07, 6.45) is 4.69. The molecule has 1 aliphatic carbocycles. The van der Waals surface area contributed by atoms with Gasteiger partial charge in [0, 0.05) is 17.8 Å². The van der Waals surface area contributed by atoms with Crippen molar-refractivity contribution in [1.82, 2.24) is 0 Å². The maximum Gasteiger partial charge on any atom is 0.0374 e. The number of nitrogens with one attached hydrogen (secondary N) is 1. The lowest BCUT2D eigenvalue weighted by molar-refractivity contribution is 0.411. The first-order valence-electron chi connectivity index (χ1n) is 7.49. The minimum atomic E-state index is 0.207. The summed E-state index contributed by atoms with van der Waals surface area (Å²) >= 11 is 0. The molecule has 19 heavy (non-hydrogen) atoms. The van der Waals surface area contributed by atoms with Crippen LogP contribution < -0.4 is 11.1 Å². The minimum Gasteiger partial charge on any atom is -0.382 e. The van der Waals surface area contributed by atoms with Crippen LogP contribution in [0, 0.1) is 6.92 Å². The van der Waals surface area contributed by atoms with Crippen molar-refractivity contribution in [2.75, 3.05) is 5.32 Å². The Kier molecular flexibility index (Phi) is 4.19.